The van der Waals surface area contributed by atoms with Crippen LogP contribution >= 0.6 is 11.3 Å². The summed E-state index contributed by atoms with van der Waals surface area (Å²) in [6, 6.07) is 0. The molecule has 0 unspecified atom stereocenters. The van der Waals surface area contributed by atoms with Gasteiger partial charge in [0.2, 0.25) is 0 Å². The van der Waals surface area contributed by atoms with Crippen molar-refractivity contribution < 1.29 is 0 Å². The van der Waals surface area contributed by atoms with Crippen LogP contribution in [0.5, 0.6) is 0 Å². The Labute approximate surface area is 138 Å². The molecule has 0 amide bonds. The van der Waals surface area contributed by atoms with Gasteiger partial charge in [0.25, 0.3) is 0 Å². The molecule has 0 spiro atoms. The summed E-state index contributed by atoms with van der Waals surface area (Å²) in [5.41, 5.74) is 1.16. The summed E-state index contributed by atoms with van der Waals surface area (Å²) in [5.74, 6) is 0.895. The van der Waals surface area contributed by atoms with E-state index in [4.69, 9.17) is 0 Å². The molecule has 1 aliphatic rings. The van der Waals surface area contributed by atoms with E-state index < -0.39 is 0 Å². The predicted octanol–water partition coefficient (Wildman–Crippen LogP) is 1.95. The zero-order valence-corrected chi connectivity index (χ0v) is 14.9. The smallest absolute Gasteiger partial charge is 0.190 e. The summed E-state index contributed by atoms with van der Waals surface area (Å²) in [4.78, 5) is 12.7. The Hall–Kier alpha value is -1.14. The molecule has 1 aromatic heterocycles. The number of aliphatic imine (C=N–C) groups is 1. The van der Waals surface area contributed by atoms with Crippen molar-refractivity contribution in [2.75, 3.05) is 39.8 Å². The van der Waals surface area contributed by atoms with E-state index in [0.29, 0.717) is 0 Å². The molecule has 1 aliphatic heterocycles. The fourth-order valence-electron chi connectivity index (χ4n) is 2.67. The first-order valence-corrected chi connectivity index (χ1v) is 9.10. The van der Waals surface area contributed by atoms with Gasteiger partial charge in [-0.15, -0.1) is 11.3 Å². The summed E-state index contributed by atoms with van der Waals surface area (Å²) in [7, 11) is 1.83. The Balaban J connectivity index is 1.58. The maximum absolute atomic E-state index is 4.57. The molecular weight excluding hydrogens is 294 g/mol. The monoisotopic (exact) mass is 323 g/mol. The Morgan fingerprint density at radius 3 is 2.59 bits per heavy atom. The number of guanidine groups is 1. The molecule has 1 aromatic rings. The number of rotatable bonds is 7. The van der Waals surface area contributed by atoms with Crippen LogP contribution in [0.3, 0.4) is 0 Å². The van der Waals surface area contributed by atoms with Crippen LogP contribution in [0, 0.1) is 13.8 Å². The molecule has 0 aromatic carbocycles. The molecule has 2 N–H and O–H groups in total. The number of thiazole rings is 1. The molecule has 1 saturated heterocycles. The minimum atomic E-state index is 0.873. The van der Waals surface area contributed by atoms with E-state index in [-0.39, 0.29) is 0 Å². The zero-order valence-electron chi connectivity index (χ0n) is 14.1. The number of likely N-dealkylation sites (tertiary alicyclic amines) is 1. The van der Waals surface area contributed by atoms with Crippen molar-refractivity contribution in [1.82, 2.24) is 20.5 Å². The van der Waals surface area contributed by atoms with Crippen LogP contribution in [0.15, 0.2) is 4.99 Å². The van der Waals surface area contributed by atoms with Gasteiger partial charge in [0.15, 0.2) is 5.96 Å². The highest BCUT2D eigenvalue weighted by Gasteiger charge is 2.10. The normalized spacial score (nSPS) is 16.2. The van der Waals surface area contributed by atoms with Crippen LogP contribution in [0.1, 0.15) is 34.8 Å². The quantitative estimate of drug-likeness (QED) is 0.457. The first-order chi connectivity index (χ1) is 10.7. The Morgan fingerprint density at radius 2 is 1.95 bits per heavy atom. The molecule has 0 saturated carbocycles. The SMILES string of the molecule is CN=C(NCCCN1CCCC1)NCCc1nc(C)c(C)s1. The summed E-state index contributed by atoms with van der Waals surface area (Å²) in [6.07, 6.45) is 4.86. The molecule has 2 rings (SSSR count). The number of aromatic nitrogens is 1. The second-order valence-corrected chi connectivity index (χ2v) is 7.12. The molecule has 0 aliphatic carbocycles. The van der Waals surface area contributed by atoms with Gasteiger partial charge in [0.1, 0.15) is 0 Å². The average molecular weight is 324 g/mol. The van der Waals surface area contributed by atoms with Crippen molar-refractivity contribution in [3.8, 4) is 0 Å². The maximum atomic E-state index is 4.57. The molecule has 6 heteroatoms. The van der Waals surface area contributed by atoms with E-state index in [9.17, 15) is 0 Å². The fourth-order valence-corrected chi connectivity index (χ4v) is 3.60. The zero-order chi connectivity index (χ0) is 15.8. The Morgan fingerprint density at radius 1 is 1.23 bits per heavy atom. The number of hydrogen-bond acceptors (Lipinski definition) is 4. The van der Waals surface area contributed by atoms with Crippen LogP contribution in [0.25, 0.3) is 0 Å². The third kappa shape index (κ3) is 5.57. The maximum Gasteiger partial charge on any atom is 0.190 e. The number of nitrogens with zero attached hydrogens (tertiary/aromatic N) is 3. The van der Waals surface area contributed by atoms with Gasteiger partial charge in [0, 0.05) is 31.4 Å². The number of hydrogen-bond donors (Lipinski definition) is 2. The van der Waals surface area contributed by atoms with Crippen LogP contribution < -0.4 is 10.6 Å². The summed E-state index contributed by atoms with van der Waals surface area (Å²) < 4.78 is 0. The molecule has 124 valence electrons. The highest BCUT2D eigenvalue weighted by Crippen LogP contribution is 2.16. The van der Waals surface area contributed by atoms with Gasteiger partial charge in [-0.1, -0.05) is 0 Å². The Bertz CT molecular complexity index is 457. The van der Waals surface area contributed by atoms with Gasteiger partial charge in [0.05, 0.1) is 10.7 Å². The van der Waals surface area contributed by atoms with Gasteiger partial charge in [-0.05, 0) is 52.7 Å². The first-order valence-electron chi connectivity index (χ1n) is 8.29. The molecule has 0 atom stereocenters. The van der Waals surface area contributed by atoms with Crippen molar-refractivity contribution in [3.63, 3.8) is 0 Å². The lowest BCUT2D eigenvalue weighted by atomic mass is 10.4. The standard InChI is InChI=1S/C16H29N5S/c1-13-14(2)22-15(20-13)7-9-19-16(17-3)18-8-6-12-21-10-4-5-11-21/h4-12H2,1-3H3,(H2,17,18,19). The molecule has 1 fully saturated rings. The predicted molar refractivity (Wildman–Crippen MR) is 94.9 cm³/mol. The second-order valence-electron chi connectivity index (χ2n) is 5.83. The van der Waals surface area contributed by atoms with E-state index in [1.807, 2.05) is 7.05 Å². The first kappa shape index (κ1) is 17.2. The Kier molecular flexibility index (Phi) is 7.12. The highest BCUT2D eigenvalue weighted by molar-refractivity contribution is 7.11. The van der Waals surface area contributed by atoms with Crippen molar-refractivity contribution in [2.45, 2.75) is 39.5 Å². The van der Waals surface area contributed by atoms with Crippen molar-refractivity contribution in [2.24, 2.45) is 4.99 Å². The topological polar surface area (TPSA) is 52.6 Å². The van der Waals surface area contributed by atoms with Gasteiger partial charge in [-0.3, -0.25) is 4.99 Å². The number of aryl methyl sites for hydroxylation is 2. The summed E-state index contributed by atoms with van der Waals surface area (Å²) >= 11 is 1.79. The number of nitrogens with one attached hydrogen (secondary N) is 2. The van der Waals surface area contributed by atoms with E-state index in [1.165, 1.54) is 48.8 Å². The van der Waals surface area contributed by atoms with Gasteiger partial charge in [-0.25, -0.2) is 4.98 Å². The van der Waals surface area contributed by atoms with Crippen molar-refractivity contribution in [3.05, 3.63) is 15.6 Å². The largest absolute Gasteiger partial charge is 0.356 e. The molecular formula is C16H29N5S. The highest BCUT2D eigenvalue weighted by atomic mass is 32.1. The van der Waals surface area contributed by atoms with Crippen LogP contribution in [0.2, 0.25) is 0 Å². The van der Waals surface area contributed by atoms with Gasteiger partial charge >= 0.3 is 0 Å². The fraction of sp³-hybridized carbons (Fsp3) is 0.750. The van der Waals surface area contributed by atoms with Crippen LogP contribution in [0.4, 0.5) is 0 Å². The lowest BCUT2D eigenvalue weighted by Crippen LogP contribution is -2.39. The van der Waals surface area contributed by atoms with Gasteiger partial charge < -0.3 is 15.5 Å². The average Bonchev–Trinajstić information content (AvgIpc) is 3.12. The van der Waals surface area contributed by atoms with E-state index in [0.717, 1.165) is 31.2 Å². The molecule has 2 heterocycles. The van der Waals surface area contributed by atoms with Crippen molar-refractivity contribution in [1.29, 1.82) is 0 Å². The lowest BCUT2D eigenvalue weighted by Gasteiger charge is -2.15. The molecule has 0 bridgehead atoms. The summed E-state index contributed by atoms with van der Waals surface area (Å²) in [5, 5.41) is 7.96. The minimum Gasteiger partial charge on any atom is -0.356 e. The van der Waals surface area contributed by atoms with E-state index in [1.54, 1.807) is 11.3 Å². The van der Waals surface area contributed by atoms with Gasteiger partial charge in [-0.2, -0.15) is 0 Å². The third-order valence-electron chi connectivity index (χ3n) is 4.07. The van der Waals surface area contributed by atoms with Crippen molar-refractivity contribution >= 4 is 17.3 Å². The lowest BCUT2D eigenvalue weighted by molar-refractivity contribution is 0.334. The molecule has 5 nitrogen and oxygen atoms in total. The second kappa shape index (κ2) is 9.10. The molecule has 0 radical (unpaired) electrons. The van der Waals surface area contributed by atoms with Crippen LogP contribution in [-0.2, 0) is 6.42 Å². The third-order valence-corrected chi connectivity index (χ3v) is 5.20. The van der Waals surface area contributed by atoms with E-state index >= 15 is 0 Å². The molecule has 22 heavy (non-hydrogen) atoms. The summed E-state index contributed by atoms with van der Waals surface area (Å²) in [6.45, 7) is 9.80. The minimum absolute atomic E-state index is 0.873. The van der Waals surface area contributed by atoms with Crippen LogP contribution in [-0.4, -0.2) is 55.6 Å². The van der Waals surface area contributed by atoms with E-state index in [2.05, 4.69) is 39.4 Å².